The molecule has 32 heavy (non-hydrogen) atoms. The standard InChI is InChI=1S/C25H25N5O2/c1-18-14-20-4-2-3-5-22(20)30(18)17-23-21(7-13-32-23)25(31)29-11-9-28(10-12-29)24-15-19(16-26)6-8-27-24/h2-8,13,15,18H,9-12,14,17H2,1H3. The number of nitrogens with zero attached hydrogens (tertiary/aromatic N) is 5. The summed E-state index contributed by atoms with van der Waals surface area (Å²) in [6.07, 6.45) is 4.27. The van der Waals surface area contributed by atoms with Gasteiger partial charge in [0.15, 0.2) is 0 Å². The molecule has 5 rings (SSSR count). The molecule has 2 aromatic heterocycles. The van der Waals surface area contributed by atoms with Gasteiger partial charge in [-0.1, -0.05) is 18.2 Å². The Hall–Kier alpha value is -3.79. The predicted molar refractivity (Wildman–Crippen MR) is 122 cm³/mol. The number of para-hydroxylation sites is 1. The van der Waals surface area contributed by atoms with Crippen LogP contribution in [0.2, 0.25) is 0 Å². The minimum absolute atomic E-state index is 0.00673. The van der Waals surface area contributed by atoms with Crippen molar-refractivity contribution in [1.29, 1.82) is 5.26 Å². The fourth-order valence-electron chi connectivity index (χ4n) is 4.65. The summed E-state index contributed by atoms with van der Waals surface area (Å²) in [4.78, 5) is 24.0. The van der Waals surface area contributed by atoms with Crippen LogP contribution in [0.15, 0.2) is 59.3 Å². The van der Waals surface area contributed by atoms with Gasteiger partial charge < -0.3 is 19.1 Å². The van der Waals surface area contributed by atoms with Crippen LogP contribution in [-0.2, 0) is 13.0 Å². The van der Waals surface area contributed by atoms with Gasteiger partial charge >= 0.3 is 0 Å². The first kappa shape index (κ1) is 20.1. The number of amides is 1. The molecule has 2 aliphatic heterocycles. The van der Waals surface area contributed by atoms with Gasteiger partial charge in [-0.05, 0) is 43.2 Å². The Morgan fingerprint density at radius 2 is 2.00 bits per heavy atom. The maximum atomic E-state index is 13.3. The molecule has 1 amide bonds. The Labute approximate surface area is 187 Å². The normalized spacial score (nSPS) is 17.9. The smallest absolute Gasteiger partial charge is 0.257 e. The monoisotopic (exact) mass is 427 g/mol. The number of benzene rings is 1. The number of rotatable bonds is 4. The summed E-state index contributed by atoms with van der Waals surface area (Å²) in [5.74, 6) is 1.50. The van der Waals surface area contributed by atoms with Gasteiger partial charge in [-0.25, -0.2) is 4.98 Å². The summed E-state index contributed by atoms with van der Waals surface area (Å²) < 4.78 is 5.78. The molecular formula is C25H25N5O2. The SMILES string of the molecule is CC1Cc2ccccc2N1Cc1occc1C(=O)N1CCN(c2cc(C#N)ccn2)CC1. The summed E-state index contributed by atoms with van der Waals surface area (Å²) in [6.45, 7) is 5.35. The molecule has 7 heteroatoms. The molecule has 0 aliphatic carbocycles. The van der Waals surface area contributed by atoms with Crippen LogP contribution in [0.5, 0.6) is 0 Å². The van der Waals surface area contributed by atoms with E-state index in [0.717, 1.165) is 12.2 Å². The molecule has 0 radical (unpaired) electrons. The van der Waals surface area contributed by atoms with Crippen LogP contribution in [-0.4, -0.2) is 48.0 Å². The van der Waals surface area contributed by atoms with Crippen LogP contribution in [0.3, 0.4) is 0 Å². The number of furan rings is 1. The van der Waals surface area contributed by atoms with Gasteiger partial charge in [-0.2, -0.15) is 5.26 Å². The van der Waals surface area contributed by atoms with Crippen LogP contribution in [0.1, 0.15) is 34.2 Å². The number of pyridine rings is 1. The molecule has 3 aromatic rings. The van der Waals surface area contributed by atoms with Gasteiger partial charge in [0.25, 0.3) is 5.91 Å². The number of carbonyl (C=O) groups excluding carboxylic acids is 1. The van der Waals surface area contributed by atoms with Gasteiger partial charge in [0.2, 0.25) is 0 Å². The van der Waals surface area contributed by atoms with E-state index in [0.29, 0.717) is 55.7 Å². The van der Waals surface area contributed by atoms with Crippen molar-refractivity contribution in [2.24, 2.45) is 0 Å². The molecule has 7 nitrogen and oxygen atoms in total. The zero-order valence-electron chi connectivity index (χ0n) is 18.1. The lowest BCUT2D eigenvalue weighted by Gasteiger charge is -2.35. The average molecular weight is 428 g/mol. The van der Waals surface area contributed by atoms with Crippen molar-refractivity contribution < 1.29 is 9.21 Å². The molecule has 1 unspecified atom stereocenters. The molecular weight excluding hydrogens is 402 g/mol. The molecule has 1 aromatic carbocycles. The Bertz CT molecular complexity index is 1170. The molecule has 0 saturated carbocycles. The van der Waals surface area contributed by atoms with E-state index in [1.54, 1.807) is 30.7 Å². The van der Waals surface area contributed by atoms with Crippen molar-refractivity contribution in [3.8, 4) is 6.07 Å². The van der Waals surface area contributed by atoms with E-state index in [9.17, 15) is 4.79 Å². The van der Waals surface area contributed by atoms with Gasteiger partial charge in [-0.15, -0.1) is 0 Å². The number of carbonyl (C=O) groups is 1. The molecule has 4 heterocycles. The average Bonchev–Trinajstić information content (AvgIpc) is 3.43. The Balaban J connectivity index is 1.27. The predicted octanol–water partition coefficient (Wildman–Crippen LogP) is 3.46. The van der Waals surface area contributed by atoms with Crippen molar-refractivity contribution in [3.05, 3.63) is 77.4 Å². The Morgan fingerprint density at radius 3 is 2.81 bits per heavy atom. The van der Waals surface area contributed by atoms with Crippen molar-refractivity contribution in [1.82, 2.24) is 9.88 Å². The molecule has 1 saturated heterocycles. The first-order valence-electron chi connectivity index (χ1n) is 11.0. The number of piperazine rings is 1. The van der Waals surface area contributed by atoms with Crippen molar-refractivity contribution >= 4 is 17.4 Å². The first-order chi connectivity index (χ1) is 15.6. The number of fused-ring (bicyclic) bond motifs is 1. The Morgan fingerprint density at radius 1 is 1.19 bits per heavy atom. The van der Waals surface area contributed by atoms with Crippen LogP contribution in [0.4, 0.5) is 11.5 Å². The fraction of sp³-hybridized carbons (Fsp3) is 0.320. The zero-order valence-corrected chi connectivity index (χ0v) is 18.1. The highest BCUT2D eigenvalue weighted by Gasteiger charge is 2.30. The number of hydrogen-bond donors (Lipinski definition) is 0. The highest BCUT2D eigenvalue weighted by atomic mass is 16.3. The molecule has 1 fully saturated rings. The zero-order chi connectivity index (χ0) is 22.1. The maximum Gasteiger partial charge on any atom is 0.257 e. The van der Waals surface area contributed by atoms with E-state index in [1.165, 1.54) is 11.3 Å². The lowest BCUT2D eigenvalue weighted by atomic mass is 10.1. The quantitative estimate of drug-likeness (QED) is 0.635. The number of aromatic nitrogens is 1. The summed E-state index contributed by atoms with van der Waals surface area (Å²) in [6, 6.07) is 16.2. The van der Waals surface area contributed by atoms with E-state index in [-0.39, 0.29) is 5.91 Å². The summed E-state index contributed by atoms with van der Waals surface area (Å²) >= 11 is 0. The van der Waals surface area contributed by atoms with Crippen LogP contribution >= 0.6 is 0 Å². The largest absolute Gasteiger partial charge is 0.467 e. The molecule has 0 bridgehead atoms. The molecule has 0 N–H and O–H groups in total. The van der Waals surface area contributed by atoms with Crippen molar-refractivity contribution in [2.45, 2.75) is 25.9 Å². The van der Waals surface area contributed by atoms with Crippen LogP contribution in [0.25, 0.3) is 0 Å². The highest BCUT2D eigenvalue weighted by molar-refractivity contribution is 5.95. The molecule has 162 valence electrons. The second-order valence-electron chi connectivity index (χ2n) is 8.36. The minimum Gasteiger partial charge on any atom is -0.467 e. The summed E-state index contributed by atoms with van der Waals surface area (Å²) in [5.41, 5.74) is 3.79. The van der Waals surface area contributed by atoms with E-state index in [1.807, 2.05) is 4.90 Å². The summed E-state index contributed by atoms with van der Waals surface area (Å²) in [7, 11) is 0. The number of nitriles is 1. The maximum absolute atomic E-state index is 13.3. The first-order valence-corrected chi connectivity index (χ1v) is 11.0. The lowest BCUT2D eigenvalue weighted by molar-refractivity contribution is 0.0744. The van der Waals surface area contributed by atoms with Crippen molar-refractivity contribution in [2.75, 3.05) is 36.0 Å². The third-order valence-corrected chi connectivity index (χ3v) is 6.40. The van der Waals surface area contributed by atoms with E-state index >= 15 is 0 Å². The van der Waals surface area contributed by atoms with E-state index in [4.69, 9.17) is 9.68 Å². The Kier molecular flexibility index (Phi) is 5.28. The second-order valence-corrected chi connectivity index (χ2v) is 8.36. The number of hydrogen-bond acceptors (Lipinski definition) is 6. The topological polar surface area (TPSA) is 76.6 Å². The van der Waals surface area contributed by atoms with Crippen molar-refractivity contribution in [3.63, 3.8) is 0 Å². The van der Waals surface area contributed by atoms with Gasteiger partial charge in [0.05, 0.1) is 30.0 Å². The fourth-order valence-corrected chi connectivity index (χ4v) is 4.65. The third-order valence-electron chi connectivity index (χ3n) is 6.40. The van der Waals surface area contributed by atoms with Gasteiger partial charge in [-0.3, -0.25) is 4.79 Å². The number of anilines is 2. The highest BCUT2D eigenvalue weighted by Crippen LogP contribution is 2.33. The minimum atomic E-state index is 0.00673. The van der Waals surface area contributed by atoms with Crippen LogP contribution < -0.4 is 9.80 Å². The summed E-state index contributed by atoms with van der Waals surface area (Å²) in [5, 5.41) is 9.12. The third kappa shape index (κ3) is 3.69. The molecule has 2 aliphatic rings. The van der Waals surface area contributed by atoms with Crippen LogP contribution in [0, 0.1) is 11.3 Å². The lowest BCUT2D eigenvalue weighted by Crippen LogP contribution is -2.49. The second kappa shape index (κ2) is 8.39. The molecule has 0 spiro atoms. The van der Waals surface area contributed by atoms with E-state index < -0.39 is 0 Å². The van der Waals surface area contributed by atoms with Gasteiger partial charge in [0, 0.05) is 44.1 Å². The molecule has 1 atom stereocenters. The van der Waals surface area contributed by atoms with E-state index in [2.05, 4.69) is 52.0 Å². The van der Waals surface area contributed by atoms with Gasteiger partial charge in [0.1, 0.15) is 11.6 Å².